The summed E-state index contributed by atoms with van der Waals surface area (Å²) in [6.07, 6.45) is -0.216. The fourth-order valence-corrected chi connectivity index (χ4v) is 1.18. The molecule has 0 spiro atoms. The van der Waals surface area contributed by atoms with Crippen LogP contribution in [0.3, 0.4) is 0 Å². The van der Waals surface area contributed by atoms with E-state index in [0.29, 0.717) is 0 Å². The molecule has 0 aliphatic heterocycles. The maximum Gasteiger partial charge on any atom is 0.323 e. The molecule has 0 saturated carbocycles. The van der Waals surface area contributed by atoms with Crippen molar-refractivity contribution in [3.8, 4) is 0 Å². The highest BCUT2D eigenvalue weighted by Gasteiger charge is 2.44. The van der Waals surface area contributed by atoms with E-state index in [4.69, 9.17) is 0 Å². The zero-order valence-electron chi connectivity index (χ0n) is 8.75. The van der Waals surface area contributed by atoms with Crippen LogP contribution in [0.4, 0.5) is 0 Å². The molecule has 0 bridgehead atoms. The standard InChI is InChI=1S/C9H14O5/c1-6(10)5-9(2,7(11)13-3)8(12)14-4/h5H2,1-4H3. The molecule has 0 amide bonds. The monoisotopic (exact) mass is 202 g/mol. The number of esters is 2. The van der Waals surface area contributed by atoms with Crippen LogP contribution in [0, 0.1) is 5.41 Å². The molecule has 0 N–H and O–H groups in total. The summed E-state index contributed by atoms with van der Waals surface area (Å²) in [5.74, 6) is -1.80. The second-order valence-electron chi connectivity index (χ2n) is 3.19. The molecule has 0 heterocycles. The van der Waals surface area contributed by atoms with Crippen molar-refractivity contribution in [2.75, 3.05) is 14.2 Å². The van der Waals surface area contributed by atoms with Crippen molar-refractivity contribution in [2.45, 2.75) is 20.3 Å². The third kappa shape index (κ3) is 2.55. The molecule has 5 nitrogen and oxygen atoms in total. The Morgan fingerprint density at radius 2 is 1.43 bits per heavy atom. The number of hydrogen-bond donors (Lipinski definition) is 0. The molecule has 0 rings (SSSR count). The molecule has 0 unspecified atom stereocenters. The molecule has 0 fully saturated rings. The van der Waals surface area contributed by atoms with E-state index in [1.54, 1.807) is 0 Å². The van der Waals surface area contributed by atoms with Crippen molar-refractivity contribution < 1.29 is 23.9 Å². The van der Waals surface area contributed by atoms with Gasteiger partial charge in [0.2, 0.25) is 0 Å². The fraction of sp³-hybridized carbons (Fsp3) is 0.667. The van der Waals surface area contributed by atoms with Gasteiger partial charge in [-0.2, -0.15) is 0 Å². The average Bonchev–Trinajstić information content (AvgIpc) is 2.13. The first kappa shape index (κ1) is 12.6. The first-order valence-electron chi connectivity index (χ1n) is 4.04. The fourth-order valence-electron chi connectivity index (χ4n) is 1.18. The molecule has 0 aliphatic rings. The van der Waals surface area contributed by atoms with Crippen LogP contribution in [-0.4, -0.2) is 31.9 Å². The second kappa shape index (κ2) is 4.74. The number of methoxy groups -OCH3 is 2. The van der Waals surface area contributed by atoms with Crippen molar-refractivity contribution >= 4 is 17.7 Å². The van der Waals surface area contributed by atoms with Crippen LogP contribution in [0.5, 0.6) is 0 Å². The Morgan fingerprint density at radius 3 is 1.64 bits per heavy atom. The molecular formula is C9H14O5. The predicted octanol–water partition coefficient (Wildman–Crippen LogP) is 0.318. The maximum atomic E-state index is 11.3. The van der Waals surface area contributed by atoms with Crippen LogP contribution < -0.4 is 0 Å². The largest absolute Gasteiger partial charge is 0.468 e. The van der Waals surface area contributed by atoms with Gasteiger partial charge in [-0.3, -0.25) is 14.4 Å². The quantitative estimate of drug-likeness (QED) is 0.485. The van der Waals surface area contributed by atoms with Crippen molar-refractivity contribution in [3.63, 3.8) is 0 Å². The van der Waals surface area contributed by atoms with E-state index >= 15 is 0 Å². The van der Waals surface area contributed by atoms with E-state index in [0.717, 1.165) is 14.2 Å². The molecule has 0 aliphatic carbocycles. The zero-order valence-corrected chi connectivity index (χ0v) is 8.75. The number of ketones is 1. The van der Waals surface area contributed by atoms with E-state index in [1.807, 2.05) is 0 Å². The lowest BCUT2D eigenvalue weighted by molar-refractivity contribution is -0.169. The summed E-state index contributed by atoms with van der Waals surface area (Å²) in [7, 11) is 2.31. The minimum atomic E-state index is -1.53. The summed E-state index contributed by atoms with van der Waals surface area (Å²) < 4.78 is 8.89. The molecule has 0 atom stereocenters. The maximum absolute atomic E-state index is 11.3. The van der Waals surface area contributed by atoms with Gasteiger partial charge in [0.15, 0.2) is 5.41 Å². The molecular weight excluding hydrogens is 188 g/mol. The number of carbonyl (C=O) groups is 3. The van der Waals surface area contributed by atoms with Gasteiger partial charge < -0.3 is 9.47 Å². The van der Waals surface area contributed by atoms with Gasteiger partial charge in [0, 0.05) is 6.42 Å². The topological polar surface area (TPSA) is 69.7 Å². The minimum Gasteiger partial charge on any atom is -0.468 e. The number of rotatable bonds is 4. The molecule has 80 valence electrons. The second-order valence-corrected chi connectivity index (χ2v) is 3.19. The van der Waals surface area contributed by atoms with E-state index in [9.17, 15) is 14.4 Å². The van der Waals surface area contributed by atoms with Crippen molar-refractivity contribution in [1.29, 1.82) is 0 Å². The Kier molecular flexibility index (Phi) is 4.27. The summed E-state index contributed by atoms with van der Waals surface area (Å²) in [4.78, 5) is 33.5. The van der Waals surface area contributed by atoms with Crippen LogP contribution in [0.1, 0.15) is 20.3 Å². The highest BCUT2D eigenvalue weighted by Crippen LogP contribution is 2.25. The normalized spacial score (nSPS) is 10.6. The highest BCUT2D eigenvalue weighted by atomic mass is 16.5. The van der Waals surface area contributed by atoms with Crippen LogP contribution in [0.2, 0.25) is 0 Å². The number of ether oxygens (including phenoxy) is 2. The average molecular weight is 202 g/mol. The molecule has 14 heavy (non-hydrogen) atoms. The lowest BCUT2D eigenvalue weighted by Crippen LogP contribution is -2.40. The summed E-state index contributed by atoms with van der Waals surface area (Å²) in [6.45, 7) is 2.62. The number of hydrogen-bond acceptors (Lipinski definition) is 5. The van der Waals surface area contributed by atoms with Gasteiger partial charge >= 0.3 is 11.9 Å². The zero-order chi connectivity index (χ0) is 11.4. The summed E-state index contributed by atoms with van der Waals surface area (Å²) in [5, 5.41) is 0. The Labute approximate surface area is 82.4 Å². The summed E-state index contributed by atoms with van der Waals surface area (Å²) >= 11 is 0. The smallest absolute Gasteiger partial charge is 0.323 e. The van der Waals surface area contributed by atoms with Gasteiger partial charge in [-0.1, -0.05) is 0 Å². The van der Waals surface area contributed by atoms with Crippen LogP contribution in [0.25, 0.3) is 0 Å². The van der Waals surface area contributed by atoms with Gasteiger partial charge in [-0.25, -0.2) is 0 Å². The van der Waals surface area contributed by atoms with E-state index in [-0.39, 0.29) is 12.2 Å². The lowest BCUT2D eigenvalue weighted by atomic mass is 9.85. The molecule has 5 heteroatoms. The van der Waals surface area contributed by atoms with Gasteiger partial charge in [0.25, 0.3) is 0 Å². The summed E-state index contributed by atoms with van der Waals surface area (Å²) in [6, 6.07) is 0. The lowest BCUT2D eigenvalue weighted by Gasteiger charge is -2.21. The van der Waals surface area contributed by atoms with Crippen molar-refractivity contribution in [1.82, 2.24) is 0 Å². The molecule has 0 aromatic heterocycles. The van der Waals surface area contributed by atoms with E-state index in [1.165, 1.54) is 13.8 Å². The van der Waals surface area contributed by atoms with Crippen molar-refractivity contribution in [2.24, 2.45) is 5.41 Å². The van der Waals surface area contributed by atoms with Gasteiger partial charge in [-0.15, -0.1) is 0 Å². The Balaban J connectivity index is 4.93. The predicted molar refractivity (Wildman–Crippen MR) is 47.4 cm³/mol. The van der Waals surface area contributed by atoms with E-state index in [2.05, 4.69) is 9.47 Å². The highest BCUT2D eigenvalue weighted by molar-refractivity contribution is 6.03. The molecule has 0 radical (unpaired) electrons. The first-order chi connectivity index (χ1) is 6.38. The number of Topliss-reactive ketones (excluding diaryl/α,β-unsaturated/α-hetero) is 1. The molecule has 0 aromatic carbocycles. The Hall–Kier alpha value is -1.39. The third-order valence-electron chi connectivity index (χ3n) is 1.87. The van der Waals surface area contributed by atoms with Gasteiger partial charge in [0.1, 0.15) is 5.78 Å². The first-order valence-corrected chi connectivity index (χ1v) is 4.04. The number of carbonyl (C=O) groups excluding carboxylic acids is 3. The van der Waals surface area contributed by atoms with Crippen molar-refractivity contribution in [3.05, 3.63) is 0 Å². The SMILES string of the molecule is COC(=O)C(C)(CC(C)=O)C(=O)OC. The Morgan fingerprint density at radius 1 is 1.07 bits per heavy atom. The van der Waals surface area contributed by atoms with E-state index < -0.39 is 17.4 Å². The molecule has 0 aromatic rings. The van der Waals surface area contributed by atoms with Crippen LogP contribution >= 0.6 is 0 Å². The van der Waals surface area contributed by atoms with Gasteiger partial charge in [0.05, 0.1) is 14.2 Å². The molecule has 0 saturated heterocycles. The van der Waals surface area contributed by atoms with Crippen LogP contribution in [-0.2, 0) is 23.9 Å². The minimum absolute atomic E-state index is 0.216. The van der Waals surface area contributed by atoms with Crippen LogP contribution in [0.15, 0.2) is 0 Å². The Bertz CT molecular complexity index is 240. The van der Waals surface area contributed by atoms with Gasteiger partial charge in [-0.05, 0) is 13.8 Å². The third-order valence-corrected chi connectivity index (χ3v) is 1.87. The summed E-state index contributed by atoms with van der Waals surface area (Å²) in [5.41, 5.74) is -1.53.